The third-order valence-corrected chi connectivity index (χ3v) is 8.09. The van der Waals surface area contributed by atoms with Crippen molar-refractivity contribution in [2.45, 2.75) is 38.0 Å². The van der Waals surface area contributed by atoms with Crippen LogP contribution in [0, 0.1) is 18.3 Å². The van der Waals surface area contributed by atoms with E-state index >= 15 is 0 Å². The van der Waals surface area contributed by atoms with Gasteiger partial charge in [0.05, 0.1) is 34.9 Å². The molecule has 1 N–H and O–H groups in total. The highest BCUT2D eigenvalue weighted by Crippen LogP contribution is 2.42. The number of nitriles is 1. The molecule has 0 spiro atoms. The molecule has 1 aromatic carbocycles. The zero-order valence-electron chi connectivity index (χ0n) is 20.4. The molecule has 6 rings (SSSR count). The van der Waals surface area contributed by atoms with Crippen LogP contribution in [0.1, 0.15) is 23.4 Å². The zero-order chi connectivity index (χ0) is 25.7. The first-order valence-electron chi connectivity index (χ1n) is 12.2. The number of alkyl halides is 2. The van der Waals surface area contributed by atoms with Crippen molar-refractivity contribution in [2.24, 2.45) is 0 Å². The van der Waals surface area contributed by atoms with Crippen LogP contribution < -0.4 is 5.32 Å². The third kappa shape index (κ3) is 4.83. The summed E-state index contributed by atoms with van der Waals surface area (Å²) in [5, 5.41) is 13.4. The van der Waals surface area contributed by atoms with Crippen LogP contribution in [0.25, 0.3) is 21.7 Å². The largest absolute Gasteiger partial charge is 0.374 e. The molecule has 37 heavy (non-hydrogen) atoms. The van der Waals surface area contributed by atoms with Crippen molar-refractivity contribution in [3.05, 3.63) is 53.3 Å². The number of halogens is 2. The number of epoxide rings is 1. The number of pyridine rings is 1. The molecule has 11 heteroatoms. The number of nitrogens with one attached hydrogen (secondary N) is 1. The lowest BCUT2D eigenvalue weighted by atomic mass is 10.0. The SMILES string of the molecule is Cc1cc(-c2sc(NC3OC3N3C[C@@H]4OCCN(C)[C@H]4C3)nc2-c2cccc(C#N)c2)cc(C(F)F)n1. The molecule has 0 aliphatic carbocycles. The summed E-state index contributed by atoms with van der Waals surface area (Å²) in [6.45, 7) is 5.08. The number of anilines is 1. The summed E-state index contributed by atoms with van der Waals surface area (Å²) < 4.78 is 39.0. The van der Waals surface area contributed by atoms with Crippen LogP contribution in [0.5, 0.6) is 0 Å². The molecule has 2 unspecified atom stereocenters. The quantitative estimate of drug-likeness (QED) is 0.482. The van der Waals surface area contributed by atoms with Crippen LogP contribution in [0.15, 0.2) is 36.4 Å². The normalized spacial score (nSPS) is 25.7. The molecule has 4 atom stereocenters. The highest BCUT2D eigenvalue weighted by molar-refractivity contribution is 7.19. The van der Waals surface area contributed by atoms with E-state index in [1.165, 1.54) is 17.4 Å². The zero-order valence-corrected chi connectivity index (χ0v) is 21.2. The first kappa shape index (κ1) is 24.3. The fraction of sp³-hybridized carbons (Fsp3) is 0.423. The summed E-state index contributed by atoms with van der Waals surface area (Å²) >= 11 is 1.37. The molecule has 3 saturated heterocycles. The van der Waals surface area contributed by atoms with E-state index in [4.69, 9.17) is 14.5 Å². The Hall–Kier alpha value is -3.01. The van der Waals surface area contributed by atoms with Gasteiger partial charge in [0.25, 0.3) is 6.43 Å². The summed E-state index contributed by atoms with van der Waals surface area (Å²) in [5.41, 5.74) is 2.70. The van der Waals surface area contributed by atoms with E-state index in [0.29, 0.717) is 33.7 Å². The number of hydrogen-bond donors (Lipinski definition) is 1. The lowest BCUT2D eigenvalue weighted by Gasteiger charge is -2.33. The molecule has 0 bridgehead atoms. The number of likely N-dealkylation sites (N-methyl/N-ethyl adjacent to an activating group) is 1. The monoisotopic (exact) mass is 524 g/mol. The number of aromatic nitrogens is 2. The van der Waals surface area contributed by atoms with Gasteiger partial charge in [-0.05, 0) is 43.8 Å². The van der Waals surface area contributed by atoms with Gasteiger partial charge in [0, 0.05) is 36.9 Å². The molecule has 3 fully saturated rings. The summed E-state index contributed by atoms with van der Waals surface area (Å²) in [5.74, 6) is 0. The summed E-state index contributed by atoms with van der Waals surface area (Å²) in [6.07, 6.45) is -2.79. The van der Waals surface area contributed by atoms with Crippen molar-refractivity contribution in [1.82, 2.24) is 19.8 Å². The van der Waals surface area contributed by atoms with Gasteiger partial charge in [0.1, 0.15) is 5.69 Å². The third-order valence-electron chi connectivity index (χ3n) is 7.05. The number of fused-ring (bicyclic) bond motifs is 1. The minimum atomic E-state index is -2.68. The van der Waals surface area contributed by atoms with E-state index in [-0.39, 0.29) is 24.3 Å². The van der Waals surface area contributed by atoms with Crippen molar-refractivity contribution >= 4 is 16.5 Å². The van der Waals surface area contributed by atoms with E-state index in [0.717, 1.165) is 36.7 Å². The summed E-state index contributed by atoms with van der Waals surface area (Å²) in [6, 6.07) is 12.8. The second kappa shape index (κ2) is 9.70. The Morgan fingerprint density at radius 2 is 2.05 bits per heavy atom. The van der Waals surface area contributed by atoms with Crippen LogP contribution in [0.3, 0.4) is 0 Å². The minimum Gasteiger partial charge on any atom is -0.374 e. The molecule has 3 aromatic rings. The predicted octanol–water partition coefficient (Wildman–Crippen LogP) is 4.10. The maximum absolute atomic E-state index is 13.5. The van der Waals surface area contributed by atoms with Crippen molar-refractivity contribution in [2.75, 3.05) is 38.6 Å². The molecular weight excluding hydrogens is 498 g/mol. The van der Waals surface area contributed by atoms with Crippen molar-refractivity contribution in [1.29, 1.82) is 5.26 Å². The van der Waals surface area contributed by atoms with Crippen LogP contribution in [-0.4, -0.2) is 77.7 Å². The number of benzene rings is 1. The van der Waals surface area contributed by atoms with E-state index in [2.05, 4.69) is 33.2 Å². The van der Waals surface area contributed by atoms with Gasteiger partial charge in [-0.2, -0.15) is 5.26 Å². The Morgan fingerprint density at radius 3 is 2.84 bits per heavy atom. The van der Waals surface area contributed by atoms with Crippen LogP contribution in [0.2, 0.25) is 0 Å². The van der Waals surface area contributed by atoms with Crippen LogP contribution in [-0.2, 0) is 9.47 Å². The van der Waals surface area contributed by atoms with Gasteiger partial charge in [0.2, 0.25) is 0 Å². The van der Waals surface area contributed by atoms with Gasteiger partial charge >= 0.3 is 0 Å². The first-order valence-corrected chi connectivity index (χ1v) is 13.0. The number of rotatable bonds is 6. The number of ether oxygens (including phenoxy) is 2. The van der Waals surface area contributed by atoms with Gasteiger partial charge in [-0.15, -0.1) is 0 Å². The first-order chi connectivity index (χ1) is 17.9. The summed E-state index contributed by atoms with van der Waals surface area (Å²) in [7, 11) is 2.13. The fourth-order valence-corrected chi connectivity index (χ4v) is 6.15. The maximum atomic E-state index is 13.5. The standard InChI is InChI=1S/C26H26F2N6O2S/c1-14-8-17(10-18(30-14)23(27)28)22-21(16-5-3-4-15(9-16)11-29)31-26(37-22)32-24-25(36-24)34-12-19-20(13-34)35-7-6-33(19)2/h3-5,8-10,19-20,23-25H,6-7,12-13H2,1-2H3,(H,31,32)/t19-,20-,24?,25?/m0/s1. The van der Waals surface area contributed by atoms with Gasteiger partial charge in [-0.3, -0.25) is 14.8 Å². The van der Waals surface area contributed by atoms with Crippen LogP contribution >= 0.6 is 11.3 Å². The van der Waals surface area contributed by atoms with E-state index in [1.54, 1.807) is 31.2 Å². The Morgan fingerprint density at radius 1 is 1.19 bits per heavy atom. The molecular formula is C26H26F2N6O2S. The lowest BCUT2D eigenvalue weighted by molar-refractivity contribution is -0.0372. The Labute approximate surface area is 217 Å². The molecule has 0 radical (unpaired) electrons. The number of morpholine rings is 1. The number of hydrogen-bond acceptors (Lipinski definition) is 9. The molecule has 2 aromatic heterocycles. The Bertz CT molecular complexity index is 1360. The van der Waals surface area contributed by atoms with Crippen molar-refractivity contribution in [3.63, 3.8) is 0 Å². The Kier molecular flexibility index (Phi) is 6.38. The summed E-state index contributed by atoms with van der Waals surface area (Å²) in [4.78, 5) is 14.2. The van der Waals surface area contributed by atoms with Crippen molar-refractivity contribution in [3.8, 4) is 27.8 Å². The highest BCUT2D eigenvalue weighted by atomic mass is 32.1. The van der Waals surface area contributed by atoms with Gasteiger partial charge in [0.15, 0.2) is 17.6 Å². The fourth-order valence-electron chi connectivity index (χ4n) is 5.15. The molecule has 192 valence electrons. The topological polar surface area (TPSA) is 89.8 Å². The second-order valence-electron chi connectivity index (χ2n) is 9.61. The van der Waals surface area contributed by atoms with E-state index < -0.39 is 6.43 Å². The molecule has 3 aliphatic rings. The second-order valence-corrected chi connectivity index (χ2v) is 10.6. The molecule has 5 heterocycles. The van der Waals surface area contributed by atoms with E-state index in [9.17, 15) is 14.0 Å². The average molecular weight is 525 g/mol. The smallest absolute Gasteiger partial charge is 0.280 e. The number of nitrogens with zero attached hydrogens (tertiary/aromatic N) is 5. The predicted molar refractivity (Wildman–Crippen MR) is 135 cm³/mol. The molecule has 0 saturated carbocycles. The van der Waals surface area contributed by atoms with Gasteiger partial charge < -0.3 is 14.8 Å². The molecule has 0 amide bonds. The average Bonchev–Trinajstić information content (AvgIpc) is 3.30. The van der Waals surface area contributed by atoms with Gasteiger partial charge in [-0.1, -0.05) is 23.5 Å². The lowest BCUT2D eigenvalue weighted by Crippen LogP contribution is -2.48. The molecule has 8 nitrogen and oxygen atoms in total. The van der Waals surface area contributed by atoms with Gasteiger partial charge in [-0.25, -0.2) is 13.8 Å². The number of thiazole rings is 1. The van der Waals surface area contributed by atoms with Crippen molar-refractivity contribution < 1.29 is 18.3 Å². The van der Waals surface area contributed by atoms with E-state index in [1.807, 2.05) is 6.07 Å². The Balaban J connectivity index is 1.28. The minimum absolute atomic E-state index is 0.0751. The number of aryl methyl sites for hydroxylation is 1. The maximum Gasteiger partial charge on any atom is 0.280 e. The number of likely N-dealkylation sites (tertiary alicyclic amines) is 1. The highest BCUT2D eigenvalue weighted by Gasteiger charge is 2.50. The van der Waals surface area contributed by atoms with Crippen LogP contribution in [0.4, 0.5) is 13.9 Å². The molecule has 3 aliphatic heterocycles.